The van der Waals surface area contributed by atoms with Gasteiger partial charge < -0.3 is 10.1 Å². The minimum Gasteiger partial charge on any atom is -0.465 e. The van der Waals surface area contributed by atoms with E-state index >= 15 is 0 Å². The first-order valence-corrected chi connectivity index (χ1v) is 9.05. The third kappa shape index (κ3) is 5.04. The topological polar surface area (TPSA) is 81.2 Å². The number of methoxy groups -OCH3 is 1. The average molecular weight is 365 g/mol. The Hall–Kier alpha value is -1.93. The lowest BCUT2D eigenvalue weighted by Gasteiger charge is -2.15. The van der Waals surface area contributed by atoms with Crippen LogP contribution in [0.15, 0.2) is 28.6 Å². The van der Waals surface area contributed by atoms with E-state index in [9.17, 15) is 9.59 Å². The largest absolute Gasteiger partial charge is 0.465 e. The molecule has 0 radical (unpaired) electrons. The van der Waals surface area contributed by atoms with Crippen LogP contribution in [0.4, 0.5) is 5.13 Å². The number of hydrogen-bond donors (Lipinski definition) is 1. The number of benzene rings is 1. The minimum atomic E-state index is -0.472. The molecule has 128 valence electrons. The van der Waals surface area contributed by atoms with Gasteiger partial charge >= 0.3 is 5.97 Å². The molecule has 24 heavy (non-hydrogen) atoms. The zero-order valence-corrected chi connectivity index (χ0v) is 15.6. The number of anilines is 1. The molecule has 0 aliphatic rings. The van der Waals surface area contributed by atoms with E-state index in [0.717, 1.165) is 9.90 Å². The summed E-state index contributed by atoms with van der Waals surface area (Å²) in [6.07, 6.45) is 0. The molecule has 0 bridgehead atoms. The van der Waals surface area contributed by atoms with Gasteiger partial charge in [-0.05, 0) is 17.7 Å². The highest BCUT2D eigenvalue weighted by Gasteiger charge is 2.22. The zero-order valence-electron chi connectivity index (χ0n) is 14.0. The van der Waals surface area contributed by atoms with E-state index in [1.54, 1.807) is 12.1 Å². The van der Waals surface area contributed by atoms with E-state index in [1.807, 2.05) is 32.9 Å². The summed E-state index contributed by atoms with van der Waals surface area (Å²) in [5, 5.41) is 11.3. The lowest BCUT2D eigenvalue weighted by molar-refractivity contribution is -0.123. The summed E-state index contributed by atoms with van der Waals surface area (Å²) in [5.41, 5.74) is 1.11. The molecule has 0 aliphatic carbocycles. The van der Waals surface area contributed by atoms with Crippen LogP contribution < -0.4 is 5.32 Å². The molecule has 0 spiro atoms. The second-order valence-corrected chi connectivity index (χ2v) is 8.25. The Morgan fingerprint density at radius 1 is 1.21 bits per heavy atom. The molecule has 0 saturated carbocycles. The first-order valence-electron chi connectivity index (χ1n) is 7.24. The fraction of sp³-hybridized carbons (Fsp3) is 0.375. The number of carbonyl (C=O) groups is 2. The van der Waals surface area contributed by atoms with E-state index in [0.29, 0.717) is 16.4 Å². The molecule has 1 N–H and O–H groups in total. The van der Waals surface area contributed by atoms with E-state index in [4.69, 9.17) is 0 Å². The SMILES string of the molecule is COC(=O)c1ccc(CSc2nnc(NC(=O)C(C)(C)C)s2)cc1. The molecular formula is C16H19N3O3S2. The molecule has 0 atom stereocenters. The Bertz CT molecular complexity index is 721. The molecular weight excluding hydrogens is 346 g/mol. The number of thioether (sulfide) groups is 1. The molecule has 0 aliphatic heterocycles. The summed E-state index contributed by atoms with van der Waals surface area (Å²) >= 11 is 2.87. The van der Waals surface area contributed by atoms with E-state index < -0.39 is 5.41 Å². The van der Waals surface area contributed by atoms with Gasteiger partial charge in [-0.3, -0.25) is 4.79 Å². The molecule has 8 heteroatoms. The van der Waals surface area contributed by atoms with Crippen molar-refractivity contribution in [1.29, 1.82) is 0 Å². The maximum atomic E-state index is 11.9. The van der Waals surface area contributed by atoms with Crippen molar-refractivity contribution in [2.75, 3.05) is 12.4 Å². The van der Waals surface area contributed by atoms with Crippen molar-refractivity contribution in [2.45, 2.75) is 30.9 Å². The first kappa shape index (κ1) is 18.4. The summed E-state index contributed by atoms with van der Waals surface area (Å²) in [7, 11) is 1.36. The van der Waals surface area contributed by atoms with Gasteiger partial charge in [0.25, 0.3) is 0 Å². The number of nitrogens with one attached hydrogen (secondary N) is 1. The molecule has 1 aromatic heterocycles. The Morgan fingerprint density at radius 3 is 2.46 bits per heavy atom. The van der Waals surface area contributed by atoms with E-state index in [2.05, 4.69) is 20.3 Å². The van der Waals surface area contributed by atoms with Gasteiger partial charge in [0.05, 0.1) is 12.7 Å². The third-order valence-corrected chi connectivity index (χ3v) is 5.09. The number of amides is 1. The van der Waals surface area contributed by atoms with Gasteiger partial charge in [-0.25, -0.2) is 4.79 Å². The van der Waals surface area contributed by atoms with Crippen molar-refractivity contribution in [2.24, 2.45) is 5.41 Å². The molecule has 1 heterocycles. The summed E-state index contributed by atoms with van der Waals surface area (Å²) in [6.45, 7) is 5.53. The van der Waals surface area contributed by atoms with Crippen molar-refractivity contribution in [1.82, 2.24) is 10.2 Å². The van der Waals surface area contributed by atoms with Crippen molar-refractivity contribution >= 4 is 40.1 Å². The number of ether oxygens (including phenoxy) is 1. The monoisotopic (exact) mass is 365 g/mol. The Morgan fingerprint density at radius 2 is 1.88 bits per heavy atom. The molecule has 1 amide bonds. The predicted octanol–water partition coefficient (Wildman–Crippen LogP) is 3.60. The maximum Gasteiger partial charge on any atom is 0.337 e. The van der Waals surface area contributed by atoms with Gasteiger partial charge in [-0.2, -0.15) is 0 Å². The molecule has 2 rings (SSSR count). The van der Waals surface area contributed by atoms with Crippen molar-refractivity contribution in [3.8, 4) is 0 Å². The number of nitrogens with zero attached hydrogens (tertiary/aromatic N) is 2. The van der Waals surface area contributed by atoms with Crippen LogP contribution in [0.5, 0.6) is 0 Å². The maximum absolute atomic E-state index is 11.9. The van der Waals surface area contributed by atoms with Crippen molar-refractivity contribution in [3.63, 3.8) is 0 Å². The first-order chi connectivity index (χ1) is 11.3. The molecule has 0 saturated heterocycles. The third-order valence-electron chi connectivity index (χ3n) is 3.05. The second kappa shape index (κ2) is 7.76. The summed E-state index contributed by atoms with van der Waals surface area (Å²) in [4.78, 5) is 23.3. The second-order valence-electron chi connectivity index (χ2n) is 6.05. The number of hydrogen-bond acceptors (Lipinski definition) is 7. The molecule has 0 unspecified atom stereocenters. The normalized spacial score (nSPS) is 11.2. The van der Waals surface area contributed by atoms with Crippen LogP contribution in [0.3, 0.4) is 0 Å². The average Bonchev–Trinajstić information content (AvgIpc) is 2.99. The van der Waals surface area contributed by atoms with Gasteiger partial charge in [0, 0.05) is 11.2 Å². The standard InChI is InChI=1S/C16H19N3O3S2/c1-16(2,3)13(21)17-14-18-19-15(24-14)23-9-10-5-7-11(8-6-10)12(20)22-4/h5-8H,9H2,1-4H3,(H,17,18,21). The molecule has 2 aromatic rings. The zero-order chi connectivity index (χ0) is 17.7. The van der Waals surface area contributed by atoms with E-state index in [1.165, 1.54) is 30.2 Å². The van der Waals surface area contributed by atoms with Crippen LogP contribution >= 0.6 is 23.1 Å². The Labute approximate surface area is 149 Å². The number of carbonyl (C=O) groups excluding carboxylic acids is 2. The fourth-order valence-corrected chi connectivity index (χ4v) is 3.31. The Kier molecular flexibility index (Phi) is 5.95. The van der Waals surface area contributed by atoms with Crippen molar-refractivity contribution < 1.29 is 14.3 Å². The highest BCUT2D eigenvalue weighted by Crippen LogP contribution is 2.29. The fourth-order valence-electron chi connectivity index (χ4n) is 1.60. The van der Waals surface area contributed by atoms with Crippen molar-refractivity contribution in [3.05, 3.63) is 35.4 Å². The van der Waals surface area contributed by atoms with Crippen LogP contribution in [0, 0.1) is 5.41 Å². The minimum absolute atomic E-state index is 0.0893. The van der Waals surface area contributed by atoms with E-state index in [-0.39, 0.29) is 11.9 Å². The van der Waals surface area contributed by atoms with Crippen LogP contribution in [0.2, 0.25) is 0 Å². The lowest BCUT2D eigenvalue weighted by atomic mass is 9.96. The predicted molar refractivity (Wildman–Crippen MR) is 95.3 cm³/mol. The highest BCUT2D eigenvalue weighted by atomic mass is 32.2. The van der Waals surface area contributed by atoms with Crippen LogP contribution in [-0.2, 0) is 15.3 Å². The van der Waals surface area contributed by atoms with Gasteiger partial charge in [0.15, 0.2) is 4.34 Å². The van der Waals surface area contributed by atoms with Crippen LogP contribution in [-0.4, -0.2) is 29.2 Å². The molecule has 6 nitrogen and oxygen atoms in total. The number of aromatic nitrogens is 2. The number of esters is 1. The van der Waals surface area contributed by atoms with Gasteiger partial charge in [-0.15, -0.1) is 10.2 Å². The smallest absolute Gasteiger partial charge is 0.337 e. The van der Waals surface area contributed by atoms with Crippen LogP contribution in [0.25, 0.3) is 0 Å². The highest BCUT2D eigenvalue weighted by molar-refractivity contribution is 8.00. The summed E-state index contributed by atoms with van der Waals surface area (Å²) in [6, 6.07) is 7.22. The summed E-state index contributed by atoms with van der Waals surface area (Å²) in [5.74, 6) is 0.259. The molecule has 1 aromatic carbocycles. The van der Waals surface area contributed by atoms with Gasteiger partial charge in [-0.1, -0.05) is 56.0 Å². The van der Waals surface area contributed by atoms with Gasteiger partial charge in [0.1, 0.15) is 0 Å². The number of rotatable bonds is 5. The molecule has 0 fully saturated rings. The van der Waals surface area contributed by atoms with Gasteiger partial charge in [0.2, 0.25) is 11.0 Å². The Balaban J connectivity index is 1.91. The quantitative estimate of drug-likeness (QED) is 0.495. The lowest BCUT2D eigenvalue weighted by Crippen LogP contribution is -2.27. The van der Waals surface area contributed by atoms with Crippen LogP contribution in [0.1, 0.15) is 36.7 Å². The summed E-state index contributed by atoms with van der Waals surface area (Å²) < 4.78 is 5.44.